The summed E-state index contributed by atoms with van der Waals surface area (Å²) < 4.78 is 0.586. The van der Waals surface area contributed by atoms with Crippen molar-refractivity contribution < 1.29 is 4.84 Å². The molecule has 5 nitrogen and oxygen atoms in total. The summed E-state index contributed by atoms with van der Waals surface area (Å²) in [5, 5.41) is 4.68. The Morgan fingerprint density at radius 2 is 2.25 bits per heavy atom. The molecule has 3 heterocycles. The average Bonchev–Trinajstić information content (AvgIpc) is 3.22. The standard InChI is InChI=1S/C17H14ClN3O2S/c1-2-9-7-13(23-21-9)16-19-12-8-14(24-15(12)17(22)20-16)10-5-3-4-6-11(10)18/h3-6,8,13H,2,7H2,1H3,(H,19,20,22). The van der Waals surface area contributed by atoms with Gasteiger partial charge >= 0.3 is 0 Å². The number of halogens is 1. The minimum absolute atomic E-state index is 0.160. The smallest absolute Gasteiger partial charge is 0.268 e. The number of aromatic nitrogens is 2. The third kappa shape index (κ3) is 2.61. The van der Waals surface area contributed by atoms with Gasteiger partial charge in [-0.25, -0.2) is 4.98 Å². The largest absolute Gasteiger partial charge is 0.384 e. The molecule has 1 aromatic carbocycles. The van der Waals surface area contributed by atoms with E-state index in [-0.39, 0.29) is 11.7 Å². The van der Waals surface area contributed by atoms with E-state index < -0.39 is 0 Å². The molecule has 0 bridgehead atoms. The zero-order chi connectivity index (χ0) is 16.7. The van der Waals surface area contributed by atoms with Crippen molar-refractivity contribution in [3.05, 3.63) is 51.5 Å². The molecule has 0 aliphatic carbocycles. The van der Waals surface area contributed by atoms with Gasteiger partial charge < -0.3 is 9.82 Å². The van der Waals surface area contributed by atoms with E-state index in [4.69, 9.17) is 16.4 Å². The molecule has 0 amide bonds. The molecule has 0 spiro atoms. The van der Waals surface area contributed by atoms with Gasteiger partial charge in [0.1, 0.15) is 4.70 Å². The number of hydrogen-bond acceptors (Lipinski definition) is 5. The highest BCUT2D eigenvalue weighted by molar-refractivity contribution is 7.22. The van der Waals surface area contributed by atoms with Crippen LogP contribution in [0.15, 0.2) is 40.3 Å². The van der Waals surface area contributed by atoms with Crippen LogP contribution < -0.4 is 5.56 Å². The molecule has 3 aromatic rings. The molecular weight excluding hydrogens is 346 g/mol. The highest BCUT2D eigenvalue weighted by Gasteiger charge is 2.25. The lowest BCUT2D eigenvalue weighted by atomic mass is 10.1. The number of nitrogens with zero attached hydrogens (tertiary/aromatic N) is 2. The number of aromatic amines is 1. The van der Waals surface area contributed by atoms with Crippen LogP contribution in [0.4, 0.5) is 0 Å². The number of hydrogen-bond donors (Lipinski definition) is 1. The topological polar surface area (TPSA) is 67.3 Å². The van der Waals surface area contributed by atoms with Crippen LogP contribution in [-0.2, 0) is 4.84 Å². The van der Waals surface area contributed by atoms with E-state index >= 15 is 0 Å². The number of oxime groups is 1. The molecule has 1 aliphatic heterocycles. The fourth-order valence-electron chi connectivity index (χ4n) is 2.69. The van der Waals surface area contributed by atoms with Crippen molar-refractivity contribution in [3.8, 4) is 10.4 Å². The van der Waals surface area contributed by atoms with Crippen LogP contribution in [0.1, 0.15) is 31.7 Å². The first-order valence-electron chi connectivity index (χ1n) is 7.66. The summed E-state index contributed by atoms with van der Waals surface area (Å²) in [6, 6.07) is 9.47. The summed E-state index contributed by atoms with van der Waals surface area (Å²) in [6.45, 7) is 2.03. The summed E-state index contributed by atoms with van der Waals surface area (Å²) in [5.74, 6) is 0.517. The van der Waals surface area contributed by atoms with Crippen molar-refractivity contribution >= 4 is 38.9 Å². The van der Waals surface area contributed by atoms with Crippen molar-refractivity contribution in [1.82, 2.24) is 9.97 Å². The molecule has 0 fully saturated rings. The molecule has 1 N–H and O–H groups in total. The Kier molecular flexibility index (Phi) is 3.86. The second kappa shape index (κ2) is 6.03. The first-order chi connectivity index (χ1) is 11.7. The molecule has 0 radical (unpaired) electrons. The van der Waals surface area contributed by atoms with E-state index in [0.29, 0.717) is 27.5 Å². The van der Waals surface area contributed by atoms with Gasteiger partial charge in [0.2, 0.25) is 0 Å². The Morgan fingerprint density at radius 3 is 3.00 bits per heavy atom. The Bertz CT molecular complexity index is 1010. The first-order valence-corrected chi connectivity index (χ1v) is 8.85. The zero-order valence-corrected chi connectivity index (χ0v) is 14.4. The number of H-pyrrole nitrogens is 1. The fraction of sp³-hybridized carbons (Fsp3) is 0.235. The molecule has 122 valence electrons. The van der Waals surface area contributed by atoms with Gasteiger partial charge in [-0.05, 0) is 18.6 Å². The summed E-state index contributed by atoms with van der Waals surface area (Å²) in [4.78, 5) is 26.1. The Hall–Kier alpha value is -2.18. The highest BCUT2D eigenvalue weighted by Crippen LogP contribution is 2.35. The van der Waals surface area contributed by atoms with Crippen LogP contribution in [-0.4, -0.2) is 15.7 Å². The maximum atomic E-state index is 12.4. The van der Waals surface area contributed by atoms with Gasteiger partial charge in [0, 0.05) is 21.9 Å². The summed E-state index contributed by atoms with van der Waals surface area (Å²) in [7, 11) is 0. The predicted molar refractivity (Wildman–Crippen MR) is 96.9 cm³/mol. The van der Waals surface area contributed by atoms with Gasteiger partial charge in [0.25, 0.3) is 5.56 Å². The van der Waals surface area contributed by atoms with Gasteiger partial charge in [-0.1, -0.05) is 41.9 Å². The molecule has 24 heavy (non-hydrogen) atoms. The van der Waals surface area contributed by atoms with Crippen LogP contribution in [0.2, 0.25) is 5.02 Å². The predicted octanol–water partition coefficient (Wildman–Crippen LogP) is 4.53. The van der Waals surface area contributed by atoms with Gasteiger partial charge in [-0.3, -0.25) is 4.79 Å². The van der Waals surface area contributed by atoms with Crippen molar-refractivity contribution in [2.24, 2.45) is 5.16 Å². The zero-order valence-electron chi connectivity index (χ0n) is 12.9. The number of benzene rings is 1. The minimum atomic E-state index is -0.319. The molecule has 1 atom stereocenters. The third-order valence-corrected chi connectivity index (χ3v) is 5.47. The molecule has 0 saturated heterocycles. The van der Waals surface area contributed by atoms with Crippen molar-refractivity contribution in [2.45, 2.75) is 25.9 Å². The molecule has 1 aliphatic rings. The number of fused-ring (bicyclic) bond motifs is 1. The van der Waals surface area contributed by atoms with Crippen molar-refractivity contribution in [1.29, 1.82) is 0 Å². The van der Waals surface area contributed by atoms with Crippen LogP contribution in [0.5, 0.6) is 0 Å². The average molecular weight is 360 g/mol. The lowest BCUT2D eigenvalue weighted by Crippen LogP contribution is -2.14. The number of rotatable bonds is 3. The van der Waals surface area contributed by atoms with Gasteiger partial charge in [0.15, 0.2) is 11.9 Å². The maximum Gasteiger partial charge on any atom is 0.268 e. The highest BCUT2D eigenvalue weighted by atomic mass is 35.5. The van der Waals surface area contributed by atoms with Gasteiger partial charge in [-0.15, -0.1) is 11.3 Å². The molecule has 4 rings (SSSR count). The monoisotopic (exact) mass is 359 g/mol. The molecular formula is C17H14ClN3O2S. The van der Waals surface area contributed by atoms with Crippen LogP contribution in [0.3, 0.4) is 0 Å². The lowest BCUT2D eigenvalue weighted by molar-refractivity contribution is 0.0792. The van der Waals surface area contributed by atoms with Crippen molar-refractivity contribution in [3.63, 3.8) is 0 Å². The molecule has 0 saturated carbocycles. The summed E-state index contributed by atoms with van der Waals surface area (Å²) in [6.07, 6.45) is 1.17. The quantitative estimate of drug-likeness (QED) is 0.746. The van der Waals surface area contributed by atoms with E-state index in [0.717, 1.165) is 22.6 Å². The van der Waals surface area contributed by atoms with Gasteiger partial charge in [0.05, 0.1) is 11.2 Å². The first kappa shape index (κ1) is 15.4. The minimum Gasteiger partial charge on any atom is -0.384 e. The SMILES string of the molecule is CCC1=NOC(c2nc3cc(-c4ccccc4Cl)sc3c(=O)[nH]2)C1. The Morgan fingerprint density at radius 1 is 1.42 bits per heavy atom. The van der Waals surface area contributed by atoms with E-state index in [1.54, 1.807) is 0 Å². The van der Waals surface area contributed by atoms with Gasteiger partial charge in [-0.2, -0.15) is 0 Å². The summed E-state index contributed by atoms with van der Waals surface area (Å²) >= 11 is 7.65. The number of thiophene rings is 1. The van der Waals surface area contributed by atoms with E-state index in [9.17, 15) is 4.79 Å². The van der Waals surface area contributed by atoms with E-state index in [1.165, 1.54) is 11.3 Å². The number of nitrogens with one attached hydrogen (secondary N) is 1. The molecule has 2 aromatic heterocycles. The second-order valence-electron chi connectivity index (χ2n) is 5.57. The normalized spacial score (nSPS) is 17.1. The van der Waals surface area contributed by atoms with Crippen LogP contribution in [0.25, 0.3) is 20.7 Å². The second-order valence-corrected chi connectivity index (χ2v) is 7.02. The third-order valence-electron chi connectivity index (χ3n) is 3.98. The maximum absolute atomic E-state index is 12.4. The van der Waals surface area contributed by atoms with E-state index in [1.807, 2.05) is 37.3 Å². The Balaban J connectivity index is 1.77. The van der Waals surface area contributed by atoms with Crippen LogP contribution in [0, 0.1) is 0 Å². The fourth-order valence-corrected chi connectivity index (χ4v) is 4.01. The van der Waals surface area contributed by atoms with Crippen LogP contribution >= 0.6 is 22.9 Å². The lowest BCUT2D eigenvalue weighted by Gasteiger charge is -2.06. The molecule has 7 heteroatoms. The van der Waals surface area contributed by atoms with E-state index in [2.05, 4.69) is 15.1 Å². The Labute approximate surface area is 146 Å². The van der Waals surface area contributed by atoms with Crippen molar-refractivity contribution in [2.75, 3.05) is 0 Å². The molecule has 1 unspecified atom stereocenters. The summed E-state index contributed by atoms with van der Waals surface area (Å²) in [5.41, 5.74) is 2.37.